The van der Waals surface area contributed by atoms with Crippen LogP contribution in [0.3, 0.4) is 0 Å². The highest BCUT2D eigenvalue weighted by atomic mass is 19.1. The van der Waals surface area contributed by atoms with E-state index in [0.29, 0.717) is 47.7 Å². The molecule has 0 spiro atoms. The first-order valence-corrected chi connectivity index (χ1v) is 15.9. The van der Waals surface area contributed by atoms with Crippen LogP contribution < -0.4 is 9.64 Å². The van der Waals surface area contributed by atoms with Gasteiger partial charge >= 0.3 is 6.01 Å². The number of terminal acetylenes is 1. The molecule has 8 rings (SSSR count). The molecule has 1 N–H and O–H groups in total. The Morgan fingerprint density at radius 1 is 1.11 bits per heavy atom. The second-order valence-corrected chi connectivity index (χ2v) is 13.2. The lowest BCUT2D eigenvalue weighted by Crippen LogP contribution is -2.50. The van der Waals surface area contributed by atoms with Gasteiger partial charge in [-0.2, -0.15) is 9.97 Å². The van der Waals surface area contributed by atoms with Crippen molar-refractivity contribution < 1.29 is 23.4 Å². The standard InChI is InChI=1S/C35H35F2N5O3/c1-3-24-27(36)10-7-20-14-21(43)15-25(29(20)24)31-30(37)32-26(16-38-31)33(42-17-22-8-9-23(18-42)45-22)40-34(39-32)44-19-35-11-4-6-28(35)41(2)13-5-12-35/h1,7,10,14-16,22-23,28,43H,4-6,8-9,11-13,17-19H2,2H3. The molecule has 45 heavy (non-hydrogen) atoms. The Morgan fingerprint density at radius 3 is 2.71 bits per heavy atom. The number of fused-ring (bicyclic) bond motifs is 5. The van der Waals surface area contributed by atoms with Crippen molar-refractivity contribution in [3.05, 3.63) is 47.7 Å². The van der Waals surface area contributed by atoms with Crippen LogP contribution in [0.5, 0.6) is 11.8 Å². The van der Waals surface area contributed by atoms with Gasteiger partial charge in [-0.05, 0) is 75.7 Å². The lowest BCUT2D eigenvalue weighted by Gasteiger charge is -2.44. The van der Waals surface area contributed by atoms with Gasteiger partial charge in [0, 0.05) is 41.7 Å². The van der Waals surface area contributed by atoms with E-state index in [2.05, 4.69) is 32.7 Å². The average molecular weight is 612 g/mol. The zero-order chi connectivity index (χ0) is 30.9. The first-order valence-electron chi connectivity index (χ1n) is 15.9. The predicted octanol–water partition coefficient (Wildman–Crippen LogP) is 5.82. The third-order valence-corrected chi connectivity index (χ3v) is 10.5. The molecule has 4 fully saturated rings. The molecule has 4 atom stereocenters. The molecule has 10 heteroatoms. The summed E-state index contributed by atoms with van der Waals surface area (Å²) < 4.78 is 44.2. The Balaban J connectivity index is 1.27. The van der Waals surface area contributed by atoms with Crippen molar-refractivity contribution in [3.63, 3.8) is 0 Å². The highest BCUT2D eigenvalue weighted by molar-refractivity contribution is 6.03. The van der Waals surface area contributed by atoms with Gasteiger partial charge in [-0.15, -0.1) is 6.42 Å². The van der Waals surface area contributed by atoms with E-state index < -0.39 is 11.6 Å². The zero-order valence-electron chi connectivity index (χ0n) is 25.2. The maximum Gasteiger partial charge on any atom is 0.319 e. The molecule has 3 aliphatic heterocycles. The molecule has 2 aromatic heterocycles. The van der Waals surface area contributed by atoms with E-state index in [1.165, 1.54) is 24.3 Å². The number of hydrogen-bond donors (Lipinski definition) is 1. The summed E-state index contributed by atoms with van der Waals surface area (Å²) in [7, 11) is 2.19. The summed E-state index contributed by atoms with van der Waals surface area (Å²) in [5.41, 5.74) is 0.133. The van der Waals surface area contributed by atoms with Gasteiger partial charge in [-0.25, -0.2) is 8.78 Å². The van der Waals surface area contributed by atoms with Crippen LogP contribution in [-0.4, -0.2) is 76.5 Å². The van der Waals surface area contributed by atoms with Gasteiger partial charge in [0.1, 0.15) is 28.6 Å². The Labute approximate surface area is 260 Å². The minimum Gasteiger partial charge on any atom is -0.508 e. The second kappa shape index (κ2) is 10.8. The first kappa shape index (κ1) is 28.4. The van der Waals surface area contributed by atoms with Gasteiger partial charge < -0.3 is 24.4 Å². The quantitative estimate of drug-likeness (QED) is 0.283. The molecule has 1 saturated carbocycles. The molecular weight excluding hydrogens is 576 g/mol. The molecule has 4 aliphatic rings. The van der Waals surface area contributed by atoms with Gasteiger partial charge in [0.15, 0.2) is 5.82 Å². The van der Waals surface area contributed by atoms with E-state index in [0.717, 1.165) is 51.5 Å². The number of anilines is 1. The molecular formula is C35H35F2N5O3. The largest absolute Gasteiger partial charge is 0.508 e. The van der Waals surface area contributed by atoms with Gasteiger partial charge in [-0.3, -0.25) is 4.98 Å². The van der Waals surface area contributed by atoms with Crippen LogP contribution in [0, 0.1) is 29.4 Å². The van der Waals surface area contributed by atoms with E-state index in [1.807, 2.05) is 0 Å². The van der Waals surface area contributed by atoms with Crippen LogP contribution in [0.4, 0.5) is 14.6 Å². The van der Waals surface area contributed by atoms with Crippen LogP contribution >= 0.6 is 0 Å². The smallest absolute Gasteiger partial charge is 0.319 e. The topological polar surface area (TPSA) is 83.8 Å². The van der Waals surface area contributed by atoms with Crippen molar-refractivity contribution in [2.24, 2.45) is 5.41 Å². The van der Waals surface area contributed by atoms with Crippen molar-refractivity contribution in [2.45, 2.75) is 63.2 Å². The number of phenols is 1. The summed E-state index contributed by atoms with van der Waals surface area (Å²) in [6, 6.07) is 6.13. The number of pyridine rings is 1. The van der Waals surface area contributed by atoms with E-state index in [-0.39, 0.29) is 51.7 Å². The normalized spacial score (nSPS) is 26.4. The Hall–Kier alpha value is -4.07. The molecule has 0 amide bonds. The van der Waals surface area contributed by atoms with Crippen LogP contribution in [0.1, 0.15) is 50.5 Å². The van der Waals surface area contributed by atoms with E-state index in [9.17, 15) is 9.50 Å². The van der Waals surface area contributed by atoms with Crippen molar-refractivity contribution in [1.82, 2.24) is 19.9 Å². The number of aromatic nitrogens is 3. The fourth-order valence-electron chi connectivity index (χ4n) is 8.44. The van der Waals surface area contributed by atoms with Crippen molar-refractivity contribution in [1.29, 1.82) is 0 Å². The number of ether oxygens (including phenoxy) is 2. The summed E-state index contributed by atoms with van der Waals surface area (Å²) in [6.45, 7) is 2.80. The number of halogens is 2. The third-order valence-electron chi connectivity index (χ3n) is 10.5. The third kappa shape index (κ3) is 4.67. The number of piperidine rings is 1. The summed E-state index contributed by atoms with van der Waals surface area (Å²) in [5, 5.41) is 11.8. The molecule has 2 bridgehead atoms. The van der Waals surface area contributed by atoms with E-state index >= 15 is 4.39 Å². The van der Waals surface area contributed by atoms with Gasteiger partial charge in [0.25, 0.3) is 0 Å². The minimum absolute atomic E-state index is 0.0156. The monoisotopic (exact) mass is 611 g/mol. The average Bonchev–Trinajstić information content (AvgIpc) is 3.63. The van der Waals surface area contributed by atoms with Crippen molar-refractivity contribution in [3.8, 4) is 35.4 Å². The minimum atomic E-state index is -0.717. The zero-order valence-corrected chi connectivity index (χ0v) is 25.2. The summed E-state index contributed by atoms with van der Waals surface area (Å²) in [6.07, 6.45) is 14.9. The summed E-state index contributed by atoms with van der Waals surface area (Å²) in [5.74, 6) is 1.51. The molecule has 5 heterocycles. The molecule has 2 aromatic carbocycles. The molecule has 0 radical (unpaired) electrons. The highest BCUT2D eigenvalue weighted by Gasteiger charge is 2.47. The number of hydrogen-bond acceptors (Lipinski definition) is 8. The Morgan fingerprint density at radius 2 is 1.91 bits per heavy atom. The van der Waals surface area contributed by atoms with Crippen molar-refractivity contribution >= 4 is 27.5 Å². The van der Waals surface area contributed by atoms with E-state index in [4.69, 9.17) is 20.9 Å². The van der Waals surface area contributed by atoms with E-state index in [1.54, 1.807) is 6.20 Å². The number of aromatic hydroxyl groups is 1. The predicted molar refractivity (Wildman–Crippen MR) is 167 cm³/mol. The van der Waals surface area contributed by atoms with Gasteiger partial charge in [0.05, 0.1) is 29.8 Å². The molecule has 4 unspecified atom stereocenters. The lowest BCUT2D eigenvalue weighted by atomic mass is 9.76. The van der Waals surface area contributed by atoms with Gasteiger partial charge in [0.2, 0.25) is 0 Å². The number of likely N-dealkylation sites (tertiary alicyclic amines) is 1. The van der Waals surface area contributed by atoms with Crippen LogP contribution in [0.25, 0.3) is 32.9 Å². The highest BCUT2D eigenvalue weighted by Crippen LogP contribution is 2.48. The Kier molecular flexibility index (Phi) is 6.80. The molecule has 8 nitrogen and oxygen atoms in total. The van der Waals surface area contributed by atoms with Gasteiger partial charge in [-0.1, -0.05) is 18.4 Å². The molecule has 1 aliphatic carbocycles. The number of benzene rings is 2. The molecule has 232 valence electrons. The second-order valence-electron chi connectivity index (χ2n) is 13.2. The fraction of sp³-hybridized carbons (Fsp3) is 0.457. The molecule has 4 aromatic rings. The van der Waals surface area contributed by atoms with Crippen molar-refractivity contribution in [2.75, 3.05) is 38.2 Å². The van der Waals surface area contributed by atoms with Crippen LogP contribution in [0.2, 0.25) is 0 Å². The summed E-state index contributed by atoms with van der Waals surface area (Å²) >= 11 is 0. The Bertz CT molecular complexity index is 1870. The fourth-order valence-corrected chi connectivity index (χ4v) is 8.44. The SMILES string of the molecule is C#Cc1c(F)ccc2cc(O)cc(-c3ncc4c(N5CC6CCC(C5)O6)nc(OCC56CCCC5N(C)CCC6)nc4c3F)c12. The molecule has 3 saturated heterocycles. The maximum absolute atomic E-state index is 16.8. The van der Waals surface area contributed by atoms with Crippen LogP contribution in [-0.2, 0) is 4.74 Å². The number of nitrogens with zero attached hydrogens (tertiary/aromatic N) is 5. The number of phenolic OH excluding ortho intramolecular Hbond substituents is 1. The number of morpholine rings is 1. The first-order chi connectivity index (χ1) is 21.8. The number of rotatable bonds is 5. The maximum atomic E-state index is 16.8. The van der Waals surface area contributed by atoms with Crippen LogP contribution in [0.15, 0.2) is 30.5 Å². The lowest BCUT2D eigenvalue weighted by molar-refractivity contribution is 0.0132. The summed E-state index contributed by atoms with van der Waals surface area (Å²) in [4.78, 5) is 18.6.